The molecule has 1 aliphatic rings. The van der Waals surface area contributed by atoms with Crippen molar-refractivity contribution in [1.29, 1.82) is 0 Å². The smallest absolute Gasteiger partial charge is 0.345 e. The first kappa shape index (κ1) is 15.8. The van der Waals surface area contributed by atoms with E-state index >= 15 is 0 Å². The van der Waals surface area contributed by atoms with Gasteiger partial charge in [0.2, 0.25) is 5.91 Å². The largest absolute Gasteiger partial charge is 0.393 e. The maximum atomic E-state index is 12.9. The lowest BCUT2D eigenvalue weighted by Gasteiger charge is -2.25. The number of nitrogens with one attached hydrogen (secondary N) is 1. The third-order valence-electron chi connectivity index (χ3n) is 3.81. The molecule has 116 valence electrons. The highest BCUT2D eigenvalue weighted by Gasteiger charge is 2.50. The van der Waals surface area contributed by atoms with Crippen molar-refractivity contribution in [2.75, 3.05) is 26.7 Å². The van der Waals surface area contributed by atoms with Gasteiger partial charge in [0.15, 0.2) is 0 Å². The fourth-order valence-electron chi connectivity index (χ4n) is 2.52. The quantitative estimate of drug-likeness (QED) is 0.916. The van der Waals surface area contributed by atoms with Gasteiger partial charge in [-0.25, -0.2) is 0 Å². The molecule has 0 radical (unpaired) electrons. The van der Waals surface area contributed by atoms with Gasteiger partial charge in [-0.15, -0.1) is 0 Å². The van der Waals surface area contributed by atoms with Crippen molar-refractivity contribution in [2.45, 2.75) is 12.6 Å². The van der Waals surface area contributed by atoms with Crippen LogP contribution >= 0.6 is 0 Å². The van der Waals surface area contributed by atoms with Gasteiger partial charge in [-0.2, -0.15) is 13.2 Å². The first-order valence-electron chi connectivity index (χ1n) is 6.81. The number of amides is 1. The standard InChI is InChI=1S/C14H18F3N3O/c1-20(7-4-10-2-5-18-6-3-10)13(21)11-8-19-9-12(11)14(15,16)17/h2-3,5-6,11-12,19H,4,7-9H2,1H3/t11-,12-/m1/s1. The van der Waals surface area contributed by atoms with Gasteiger partial charge in [0, 0.05) is 39.1 Å². The van der Waals surface area contributed by atoms with E-state index in [4.69, 9.17) is 0 Å². The molecule has 2 heterocycles. The van der Waals surface area contributed by atoms with Gasteiger partial charge < -0.3 is 10.2 Å². The third kappa shape index (κ3) is 3.93. The summed E-state index contributed by atoms with van der Waals surface area (Å²) >= 11 is 0. The Kier molecular flexibility index (Phi) is 4.82. The molecule has 1 aromatic heterocycles. The summed E-state index contributed by atoms with van der Waals surface area (Å²) in [5.74, 6) is -3.06. The number of likely N-dealkylation sites (N-methyl/N-ethyl adjacent to an activating group) is 1. The zero-order valence-electron chi connectivity index (χ0n) is 11.7. The summed E-state index contributed by atoms with van der Waals surface area (Å²) in [4.78, 5) is 17.5. The minimum atomic E-state index is -4.34. The van der Waals surface area contributed by atoms with Crippen molar-refractivity contribution in [3.63, 3.8) is 0 Å². The lowest BCUT2D eigenvalue weighted by Crippen LogP contribution is -2.41. The van der Waals surface area contributed by atoms with Crippen molar-refractivity contribution in [3.05, 3.63) is 30.1 Å². The van der Waals surface area contributed by atoms with E-state index in [2.05, 4.69) is 10.3 Å². The van der Waals surface area contributed by atoms with E-state index in [0.29, 0.717) is 13.0 Å². The summed E-state index contributed by atoms with van der Waals surface area (Å²) in [6.45, 7) is 0.296. The summed E-state index contributed by atoms with van der Waals surface area (Å²) in [7, 11) is 1.55. The highest BCUT2D eigenvalue weighted by molar-refractivity contribution is 5.79. The average molecular weight is 301 g/mol. The first-order valence-corrected chi connectivity index (χ1v) is 6.81. The molecule has 1 aromatic rings. The Hall–Kier alpha value is -1.63. The number of alkyl halides is 3. The zero-order chi connectivity index (χ0) is 15.5. The Morgan fingerprint density at radius 3 is 2.67 bits per heavy atom. The Morgan fingerprint density at radius 1 is 1.38 bits per heavy atom. The summed E-state index contributed by atoms with van der Waals surface area (Å²) in [5.41, 5.74) is 1.00. The van der Waals surface area contributed by atoms with Crippen LogP contribution in [0.25, 0.3) is 0 Å². The van der Waals surface area contributed by atoms with Crippen LogP contribution in [0.15, 0.2) is 24.5 Å². The zero-order valence-corrected chi connectivity index (χ0v) is 11.7. The van der Waals surface area contributed by atoms with E-state index in [9.17, 15) is 18.0 Å². The number of aromatic nitrogens is 1. The second-order valence-electron chi connectivity index (χ2n) is 5.28. The van der Waals surface area contributed by atoms with Crippen LogP contribution in [0.4, 0.5) is 13.2 Å². The fourth-order valence-corrected chi connectivity index (χ4v) is 2.52. The number of rotatable bonds is 4. The molecule has 0 spiro atoms. The van der Waals surface area contributed by atoms with Gasteiger partial charge in [-0.05, 0) is 24.1 Å². The predicted octanol–water partition coefficient (Wildman–Crippen LogP) is 1.48. The Labute approximate surface area is 121 Å². The van der Waals surface area contributed by atoms with Crippen LogP contribution in [0.5, 0.6) is 0 Å². The Bertz CT molecular complexity index is 478. The van der Waals surface area contributed by atoms with E-state index in [1.165, 1.54) is 4.90 Å². The molecule has 2 rings (SSSR count). The first-order chi connectivity index (χ1) is 9.89. The van der Waals surface area contributed by atoms with E-state index < -0.39 is 23.9 Å². The Balaban J connectivity index is 1.93. The molecular weight excluding hydrogens is 283 g/mol. The number of hydrogen-bond acceptors (Lipinski definition) is 3. The van der Waals surface area contributed by atoms with E-state index in [1.54, 1.807) is 19.4 Å². The molecule has 1 N–H and O–H groups in total. The van der Waals surface area contributed by atoms with Crippen LogP contribution < -0.4 is 5.32 Å². The van der Waals surface area contributed by atoms with Crippen LogP contribution in [0, 0.1) is 11.8 Å². The van der Waals surface area contributed by atoms with Gasteiger partial charge in [-0.3, -0.25) is 9.78 Å². The molecule has 1 fully saturated rings. The number of nitrogens with zero attached hydrogens (tertiary/aromatic N) is 2. The molecule has 0 aliphatic carbocycles. The van der Waals surface area contributed by atoms with E-state index in [1.807, 2.05) is 12.1 Å². The van der Waals surface area contributed by atoms with Gasteiger partial charge >= 0.3 is 6.18 Å². The molecule has 1 saturated heterocycles. The number of carbonyl (C=O) groups excluding carboxylic acids is 1. The van der Waals surface area contributed by atoms with Gasteiger partial charge in [0.1, 0.15) is 0 Å². The van der Waals surface area contributed by atoms with Crippen LogP contribution in [0.2, 0.25) is 0 Å². The molecule has 0 unspecified atom stereocenters. The van der Waals surface area contributed by atoms with Crippen molar-refractivity contribution in [3.8, 4) is 0 Å². The van der Waals surface area contributed by atoms with Crippen LogP contribution in [-0.4, -0.2) is 48.6 Å². The number of halogens is 3. The van der Waals surface area contributed by atoms with Crippen molar-refractivity contribution in [2.24, 2.45) is 11.8 Å². The Morgan fingerprint density at radius 2 is 2.05 bits per heavy atom. The fraction of sp³-hybridized carbons (Fsp3) is 0.571. The van der Waals surface area contributed by atoms with Gasteiger partial charge in [-0.1, -0.05) is 0 Å². The van der Waals surface area contributed by atoms with E-state index in [0.717, 1.165) is 5.56 Å². The summed E-state index contributed by atoms with van der Waals surface area (Å²) in [5, 5.41) is 2.66. The lowest BCUT2D eigenvalue weighted by atomic mass is 9.94. The molecular formula is C14H18F3N3O. The predicted molar refractivity (Wildman–Crippen MR) is 71.5 cm³/mol. The molecule has 7 heteroatoms. The van der Waals surface area contributed by atoms with Crippen LogP contribution in [0.1, 0.15) is 5.56 Å². The van der Waals surface area contributed by atoms with Gasteiger partial charge in [0.05, 0.1) is 11.8 Å². The molecule has 0 saturated carbocycles. The summed E-state index contributed by atoms with van der Waals surface area (Å²) < 4.78 is 38.6. The minimum Gasteiger partial charge on any atom is -0.345 e. The number of hydrogen-bond donors (Lipinski definition) is 1. The molecule has 1 aliphatic heterocycles. The second-order valence-corrected chi connectivity index (χ2v) is 5.28. The normalized spacial score (nSPS) is 22.3. The van der Waals surface area contributed by atoms with Crippen molar-refractivity contribution >= 4 is 5.91 Å². The third-order valence-corrected chi connectivity index (χ3v) is 3.81. The minimum absolute atomic E-state index is 0.0859. The van der Waals surface area contributed by atoms with Crippen LogP contribution in [-0.2, 0) is 11.2 Å². The monoisotopic (exact) mass is 301 g/mol. The average Bonchev–Trinajstić information content (AvgIpc) is 2.94. The molecule has 1 amide bonds. The molecule has 21 heavy (non-hydrogen) atoms. The topological polar surface area (TPSA) is 45.2 Å². The molecule has 4 nitrogen and oxygen atoms in total. The van der Waals surface area contributed by atoms with Crippen LogP contribution in [0.3, 0.4) is 0 Å². The maximum absolute atomic E-state index is 12.9. The van der Waals surface area contributed by atoms with Gasteiger partial charge in [0.25, 0.3) is 0 Å². The summed E-state index contributed by atoms with van der Waals surface area (Å²) in [6.07, 6.45) is -0.438. The second kappa shape index (κ2) is 6.43. The molecule has 0 aromatic carbocycles. The van der Waals surface area contributed by atoms with E-state index in [-0.39, 0.29) is 13.1 Å². The maximum Gasteiger partial charge on any atom is 0.393 e. The SMILES string of the molecule is CN(CCc1ccncc1)C(=O)[C@@H]1CNC[C@H]1C(F)(F)F. The number of carbonyl (C=O) groups is 1. The highest BCUT2D eigenvalue weighted by Crippen LogP contribution is 2.35. The summed E-state index contributed by atoms with van der Waals surface area (Å²) in [6, 6.07) is 3.65. The van der Waals surface area contributed by atoms with Crippen molar-refractivity contribution in [1.82, 2.24) is 15.2 Å². The molecule has 2 atom stereocenters. The highest BCUT2D eigenvalue weighted by atomic mass is 19.4. The lowest BCUT2D eigenvalue weighted by molar-refractivity contribution is -0.184. The molecule has 0 bridgehead atoms. The number of pyridine rings is 1. The van der Waals surface area contributed by atoms with Crippen molar-refractivity contribution < 1.29 is 18.0 Å².